The van der Waals surface area contributed by atoms with Crippen molar-refractivity contribution in [1.29, 1.82) is 0 Å². The molecule has 3 rings (SSSR count). The van der Waals surface area contributed by atoms with E-state index >= 15 is 0 Å². The maximum Gasteiger partial charge on any atom is 0.253 e. The summed E-state index contributed by atoms with van der Waals surface area (Å²) in [5.74, 6) is 0.951. The Kier molecular flexibility index (Phi) is 5.66. The molecule has 1 amide bonds. The summed E-state index contributed by atoms with van der Waals surface area (Å²) in [5.41, 5.74) is 2.85. The Morgan fingerprint density at radius 3 is 2.65 bits per heavy atom. The van der Waals surface area contributed by atoms with Gasteiger partial charge < -0.3 is 19.9 Å². The van der Waals surface area contributed by atoms with Crippen LogP contribution < -0.4 is 15.0 Å². The minimum absolute atomic E-state index is 0.106. The number of anilines is 2. The fourth-order valence-corrected chi connectivity index (χ4v) is 3.30. The number of carbonyl (C=O) groups excluding carboxylic acids is 1. The average molecular weight is 353 g/mol. The van der Waals surface area contributed by atoms with E-state index in [9.17, 15) is 4.79 Å². The number of nitrogens with one attached hydrogen (secondary N) is 1. The van der Waals surface area contributed by atoms with E-state index in [1.54, 1.807) is 7.11 Å². The standard InChI is InChI=1S/C21H27N3O2/c1-23(2)19-8-4-6-16(14-19)21(25)24-13-5-7-18(15-24)22-17-9-11-20(26-3)12-10-17/h4,6,8-12,14,18,22H,5,7,13,15H2,1-3H3. The molecule has 1 aliphatic rings. The van der Waals surface area contributed by atoms with Crippen LogP contribution in [0.3, 0.4) is 0 Å². The molecule has 0 spiro atoms. The van der Waals surface area contributed by atoms with E-state index in [0.29, 0.717) is 0 Å². The molecule has 0 saturated carbocycles. The molecule has 5 nitrogen and oxygen atoms in total. The van der Waals surface area contributed by atoms with Crippen LogP contribution in [0.1, 0.15) is 23.2 Å². The Labute approximate surface area is 155 Å². The first-order valence-corrected chi connectivity index (χ1v) is 9.04. The highest BCUT2D eigenvalue weighted by Crippen LogP contribution is 2.21. The lowest BCUT2D eigenvalue weighted by molar-refractivity contribution is 0.0715. The monoisotopic (exact) mass is 353 g/mol. The second-order valence-electron chi connectivity index (χ2n) is 6.91. The molecule has 0 aromatic heterocycles. The second-order valence-corrected chi connectivity index (χ2v) is 6.91. The number of amides is 1. The van der Waals surface area contributed by atoms with Crippen molar-refractivity contribution in [3.8, 4) is 5.75 Å². The topological polar surface area (TPSA) is 44.8 Å². The Hall–Kier alpha value is -2.69. The quantitative estimate of drug-likeness (QED) is 0.894. The van der Waals surface area contributed by atoms with Crippen LogP contribution in [0.5, 0.6) is 5.75 Å². The summed E-state index contributed by atoms with van der Waals surface area (Å²) >= 11 is 0. The summed E-state index contributed by atoms with van der Waals surface area (Å²) in [7, 11) is 5.64. The van der Waals surface area contributed by atoms with Crippen LogP contribution in [0, 0.1) is 0 Å². The van der Waals surface area contributed by atoms with E-state index in [-0.39, 0.29) is 11.9 Å². The first-order chi connectivity index (χ1) is 12.6. The first-order valence-electron chi connectivity index (χ1n) is 9.04. The molecule has 1 heterocycles. The van der Waals surface area contributed by atoms with Crippen LogP contribution in [-0.2, 0) is 0 Å². The van der Waals surface area contributed by atoms with Crippen molar-refractivity contribution >= 4 is 17.3 Å². The number of rotatable bonds is 5. The van der Waals surface area contributed by atoms with Crippen molar-refractivity contribution in [1.82, 2.24) is 4.90 Å². The predicted octanol–water partition coefficient (Wildman–Crippen LogP) is 3.48. The van der Waals surface area contributed by atoms with Gasteiger partial charge in [-0.2, -0.15) is 0 Å². The lowest BCUT2D eigenvalue weighted by atomic mass is 10.0. The molecule has 2 aromatic carbocycles. The van der Waals surface area contributed by atoms with Crippen LogP contribution in [-0.4, -0.2) is 51.1 Å². The number of benzene rings is 2. The van der Waals surface area contributed by atoms with Crippen molar-refractivity contribution in [3.05, 3.63) is 54.1 Å². The van der Waals surface area contributed by atoms with Crippen LogP contribution in [0.25, 0.3) is 0 Å². The fourth-order valence-electron chi connectivity index (χ4n) is 3.30. The third-order valence-electron chi connectivity index (χ3n) is 4.78. The highest BCUT2D eigenvalue weighted by molar-refractivity contribution is 5.95. The molecular weight excluding hydrogens is 326 g/mol. The van der Waals surface area contributed by atoms with Gasteiger partial charge >= 0.3 is 0 Å². The number of likely N-dealkylation sites (tertiary alicyclic amines) is 1. The maximum absolute atomic E-state index is 12.9. The number of hydrogen-bond donors (Lipinski definition) is 1. The van der Waals surface area contributed by atoms with Crippen LogP contribution in [0.4, 0.5) is 11.4 Å². The number of methoxy groups -OCH3 is 1. The van der Waals surface area contributed by atoms with E-state index < -0.39 is 0 Å². The molecule has 26 heavy (non-hydrogen) atoms. The Bertz CT molecular complexity index is 743. The van der Waals surface area contributed by atoms with Gasteiger partial charge in [0.1, 0.15) is 5.75 Å². The lowest BCUT2D eigenvalue weighted by Crippen LogP contribution is -2.45. The molecule has 0 radical (unpaired) electrons. The molecule has 1 saturated heterocycles. The molecule has 1 unspecified atom stereocenters. The molecule has 1 fully saturated rings. The number of piperidine rings is 1. The van der Waals surface area contributed by atoms with Gasteiger partial charge in [0.2, 0.25) is 0 Å². The molecule has 2 aromatic rings. The van der Waals surface area contributed by atoms with E-state index in [1.807, 2.05) is 72.4 Å². The van der Waals surface area contributed by atoms with Crippen molar-refractivity contribution in [2.75, 3.05) is 44.5 Å². The van der Waals surface area contributed by atoms with E-state index in [1.165, 1.54) is 0 Å². The molecular formula is C21H27N3O2. The van der Waals surface area contributed by atoms with Gasteiger partial charge in [-0.3, -0.25) is 4.79 Å². The molecule has 0 bridgehead atoms. The maximum atomic E-state index is 12.9. The summed E-state index contributed by atoms with van der Waals surface area (Å²) in [6.07, 6.45) is 2.07. The third-order valence-corrected chi connectivity index (χ3v) is 4.78. The molecule has 138 valence electrons. The molecule has 1 atom stereocenters. The van der Waals surface area contributed by atoms with Gasteiger partial charge in [0.05, 0.1) is 7.11 Å². The van der Waals surface area contributed by atoms with Gasteiger partial charge in [-0.1, -0.05) is 6.07 Å². The molecule has 1 aliphatic heterocycles. The first kappa shape index (κ1) is 18.1. The largest absolute Gasteiger partial charge is 0.497 e. The molecule has 0 aliphatic carbocycles. The van der Waals surface area contributed by atoms with Crippen LogP contribution >= 0.6 is 0 Å². The molecule has 5 heteroatoms. The van der Waals surface area contributed by atoms with Crippen LogP contribution in [0.2, 0.25) is 0 Å². The van der Waals surface area contributed by atoms with Gasteiger partial charge in [0.25, 0.3) is 5.91 Å². The van der Waals surface area contributed by atoms with E-state index in [2.05, 4.69) is 5.32 Å². The summed E-state index contributed by atoms with van der Waals surface area (Å²) in [5, 5.41) is 3.54. The SMILES string of the molecule is COc1ccc(NC2CCCN(C(=O)c3cccc(N(C)C)c3)C2)cc1. The predicted molar refractivity (Wildman–Crippen MR) is 106 cm³/mol. The number of hydrogen-bond acceptors (Lipinski definition) is 4. The summed E-state index contributed by atoms with van der Waals surface area (Å²) in [6.45, 7) is 1.53. The van der Waals surface area contributed by atoms with Gasteiger partial charge in [-0.25, -0.2) is 0 Å². The summed E-state index contributed by atoms with van der Waals surface area (Å²) in [6, 6.07) is 16.0. The second kappa shape index (κ2) is 8.13. The van der Waals surface area contributed by atoms with Crippen LogP contribution in [0.15, 0.2) is 48.5 Å². The zero-order valence-electron chi connectivity index (χ0n) is 15.7. The Balaban J connectivity index is 1.65. The van der Waals surface area contributed by atoms with Gasteiger partial charge in [0, 0.05) is 50.2 Å². The number of ether oxygens (including phenoxy) is 1. The zero-order chi connectivity index (χ0) is 18.5. The summed E-state index contributed by atoms with van der Waals surface area (Å²) < 4.78 is 5.20. The van der Waals surface area contributed by atoms with Crippen molar-refractivity contribution in [3.63, 3.8) is 0 Å². The van der Waals surface area contributed by atoms with E-state index in [0.717, 1.165) is 48.6 Å². The van der Waals surface area contributed by atoms with Gasteiger partial charge in [-0.05, 0) is 55.3 Å². The lowest BCUT2D eigenvalue weighted by Gasteiger charge is -2.34. The number of carbonyl (C=O) groups is 1. The third kappa shape index (κ3) is 4.28. The average Bonchev–Trinajstić information content (AvgIpc) is 2.68. The van der Waals surface area contributed by atoms with E-state index in [4.69, 9.17) is 4.74 Å². The van der Waals surface area contributed by atoms with Crippen molar-refractivity contribution in [2.24, 2.45) is 0 Å². The van der Waals surface area contributed by atoms with Gasteiger partial charge in [0.15, 0.2) is 0 Å². The fraction of sp³-hybridized carbons (Fsp3) is 0.381. The minimum atomic E-state index is 0.106. The summed E-state index contributed by atoms with van der Waals surface area (Å²) in [4.78, 5) is 16.9. The van der Waals surface area contributed by atoms with Crippen molar-refractivity contribution in [2.45, 2.75) is 18.9 Å². The van der Waals surface area contributed by atoms with Gasteiger partial charge in [-0.15, -0.1) is 0 Å². The Morgan fingerprint density at radius 1 is 1.19 bits per heavy atom. The highest BCUT2D eigenvalue weighted by atomic mass is 16.5. The number of nitrogens with zero attached hydrogens (tertiary/aromatic N) is 2. The normalized spacial score (nSPS) is 16.9. The zero-order valence-corrected chi connectivity index (χ0v) is 15.7. The molecule has 1 N–H and O–H groups in total. The Morgan fingerprint density at radius 2 is 1.96 bits per heavy atom. The van der Waals surface area contributed by atoms with Crippen molar-refractivity contribution < 1.29 is 9.53 Å². The minimum Gasteiger partial charge on any atom is -0.497 e. The highest BCUT2D eigenvalue weighted by Gasteiger charge is 2.24. The smallest absolute Gasteiger partial charge is 0.253 e.